The third-order valence-electron chi connectivity index (χ3n) is 3.62. The van der Waals surface area contributed by atoms with E-state index in [0.29, 0.717) is 23.4 Å². The molecule has 1 aromatic rings. The molecule has 132 valence electrons. The lowest BCUT2D eigenvalue weighted by Crippen LogP contribution is -2.45. The number of nitrogens with one attached hydrogen (secondary N) is 1. The van der Waals surface area contributed by atoms with E-state index in [0.717, 1.165) is 0 Å². The van der Waals surface area contributed by atoms with Crippen LogP contribution in [0.2, 0.25) is 0 Å². The van der Waals surface area contributed by atoms with Gasteiger partial charge in [0.2, 0.25) is 5.91 Å². The van der Waals surface area contributed by atoms with Gasteiger partial charge in [0.05, 0.1) is 0 Å². The Hall–Kier alpha value is -1.63. The van der Waals surface area contributed by atoms with E-state index in [9.17, 15) is 9.59 Å². The first-order valence-electron chi connectivity index (χ1n) is 7.90. The largest absolute Gasteiger partial charge is 0.444 e. The first-order valence-corrected chi connectivity index (χ1v) is 8.69. The highest BCUT2D eigenvalue weighted by Gasteiger charge is 2.45. The number of aromatic nitrogens is 1. The summed E-state index contributed by atoms with van der Waals surface area (Å²) in [4.78, 5) is 30.9. The van der Waals surface area contributed by atoms with Crippen LogP contribution in [0.15, 0.2) is 22.8 Å². The topological polar surface area (TPSA) is 71.5 Å². The van der Waals surface area contributed by atoms with Crippen LogP contribution in [0.3, 0.4) is 0 Å². The number of pyridine rings is 1. The third kappa shape index (κ3) is 4.93. The third-order valence-corrected chi connectivity index (χ3v) is 4.06. The van der Waals surface area contributed by atoms with Gasteiger partial charge in [0.1, 0.15) is 22.1 Å². The summed E-state index contributed by atoms with van der Waals surface area (Å²) in [5.41, 5.74) is -0.750. The molecule has 0 radical (unpaired) electrons. The number of hydrogen-bond donors (Lipinski definition) is 1. The fourth-order valence-corrected chi connectivity index (χ4v) is 3.05. The minimum absolute atomic E-state index is 0.149. The molecule has 1 aliphatic rings. The van der Waals surface area contributed by atoms with E-state index in [-0.39, 0.29) is 11.3 Å². The van der Waals surface area contributed by atoms with Gasteiger partial charge >= 0.3 is 6.09 Å². The Morgan fingerprint density at radius 2 is 2.04 bits per heavy atom. The zero-order valence-corrected chi connectivity index (χ0v) is 16.3. The van der Waals surface area contributed by atoms with Crippen molar-refractivity contribution < 1.29 is 14.3 Å². The number of halogens is 1. The molecule has 0 spiro atoms. The molecule has 1 N–H and O–H groups in total. The van der Waals surface area contributed by atoms with Crippen molar-refractivity contribution in [1.82, 2.24) is 9.88 Å². The van der Waals surface area contributed by atoms with E-state index < -0.39 is 17.7 Å². The molecule has 1 saturated heterocycles. The molecule has 0 aromatic carbocycles. The summed E-state index contributed by atoms with van der Waals surface area (Å²) in [5, 5.41) is 2.78. The lowest BCUT2D eigenvalue weighted by Gasteiger charge is -2.28. The molecule has 0 bridgehead atoms. The van der Waals surface area contributed by atoms with Crippen molar-refractivity contribution >= 4 is 33.7 Å². The average Bonchev–Trinajstić information content (AvgIpc) is 2.73. The molecular weight excluding hydrogens is 374 g/mol. The summed E-state index contributed by atoms with van der Waals surface area (Å²) < 4.78 is 6.08. The van der Waals surface area contributed by atoms with Crippen LogP contribution in [0.5, 0.6) is 0 Å². The van der Waals surface area contributed by atoms with Crippen molar-refractivity contribution in [3.63, 3.8) is 0 Å². The summed E-state index contributed by atoms with van der Waals surface area (Å²) in [5.74, 6) is 0.195. The number of amides is 2. The highest BCUT2D eigenvalue weighted by molar-refractivity contribution is 9.10. The number of nitrogens with zero attached hydrogens (tertiary/aromatic N) is 2. The quantitative estimate of drug-likeness (QED) is 0.769. The van der Waals surface area contributed by atoms with Crippen LogP contribution in [0.4, 0.5) is 10.6 Å². The average molecular weight is 398 g/mol. The first-order chi connectivity index (χ1) is 11.0. The second kappa shape index (κ2) is 6.70. The van der Waals surface area contributed by atoms with E-state index in [1.807, 2.05) is 34.6 Å². The number of ether oxygens (including phenoxy) is 1. The molecule has 24 heavy (non-hydrogen) atoms. The zero-order chi connectivity index (χ0) is 18.1. The molecule has 0 aliphatic carbocycles. The van der Waals surface area contributed by atoms with Crippen molar-refractivity contribution in [3.05, 3.63) is 22.8 Å². The molecular formula is C17H24BrN3O3. The van der Waals surface area contributed by atoms with Crippen LogP contribution in [0.1, 0.15) is 41.0 Å². The summed E-state index contributed by atoms with van der Waals surface area (Å²) in [6, 6.07) is 4.70. The van der Waals surface area contributed by atoms with Crippen molar-refractivity contribution in [2.45, 2.75) is 52.7 Å². The molecule has 2 heterocycles. The van der Waals surface area contributed by atoms with Gasteiger partial charge in [0.25, 0.3) is 0 Å². The van der Waals surface area contributed by atoms with E-state index in [2.05, 4.69) is 26.2 Å². The van der Waals surface area contributed by atoms with E-state index in [1.54, 1.807) is 18.2 Å². The summed E-state index contributed by atoms with van der Waals surface area (Å²) in [6.45, 7) is 9.99. The Morgan fingerprint density at radius 1 is 1.38 bits per heavy atom. The Balaban J connectivity index is 2.15. The van der Waals surface area contributed by atoms with Crippen molar-refractivity contribution in [3.8, 4) is 0 Å². The van der Waals surface area contributed by atoms with Crippen molar-refractivity contribution in [2.75, 3.05) is 11.9 Å². The van der Waals surface area contributed by atoms with Crippen LogP contribution in [0.25, 0.3) is 0 Å². The van der Waals surface area contributed by atoms with E-state index >= 15 is 0 Å². The van der Waals surface area contributed by atoms with E-state index in [1.165, 1.54) is 4.90 Å². The normalized spacial score (nSPS) is 19.9. The van der Waals surface area contributed by atoms with Gasteiger partial charge in [0.15, 0.2) is 0 Å². The monoisotopic (exact) mass is 397 g/mol. The summed E-state index contributed by atoms with van der Waals surface area (Å²) in [7, 11) is 0. The van der Waals surface area contributed by atoms with Crippen LogP contribution >= 0.6 is 15.9 Å². The zero-order valence-electron chi connectivity index (χ0n) is 14.7. The van der Waals surface area contributed by atoms with Crippen molar-refractivity contribution in [2.24, 2.45) is 5.41 Å². The van der Waals surface area contributed by atoms with Crippen LogP contribution in [-0.2, 0) is 9.53 Å². The molecule has 6 nitrogen and oxygen atoms in total. The van der Waals surface area contributed by atoms with Gasteiger partial charge in [-0.05, 0) is 60.7 Å². The Labute approximate surface area is 151 Å². The molecule has 1 aliphatic heterocycles. The standard InChI is InChI=1S/C17H24BrN3O3/c1-16(2,3)24-15(23)21-10-17(4,5)9-11(21)14(22)20-13-8-6-7-12(18)19-13/h6-8,11H,9-10H2,1-5H3,(H,19,20,22). The number of anilines is 1. The van der Waals surface area contributed by atoms with Gasteiger partial charge in [-0.25, -0.2) is 9.78 Å². The predicted molar refractivity (Wildman–Crippen MR) is 95.7 cm³/mol. The van der Waals surface area contributed by atoms with Gasteiger partial charge in [-0.15, -0.1) is 0 Å². The van der Waals surface area contributed by atoms with Gasteiger partial charge < -0.3 is 10.1 Å². The molecule has 2 amide bonds. The second-order valence-corrected chi connectivity index (χ2v) is 8.64. The van der Waals surface area contributed by atoms with Crippen LogP contribution < -0.4 is 5.32 Å². The highest BCUT2D eigenvalue weighted by atomic mass is 79.9. The maximum absolute atomic E-state index is 12.7. The SMILES string of the molecule is CC1(C)CC(C(=O)Nc2cccc(Br)n2)N(C(=O)OC(C)(C)C)C1. The molecule has 1 fully saturated rings. The lowest BCUT2D eigenvalue weighted by molar-refractivity contribution is -0.120. The first kappa shape index (κ1) is 18.7. The fraction of sp³-hybridized carbons (Fsp3) is 0.588. The van der Waals surface area contributed by atoms with E-state index in [4.69, 9.17) is 4.74 Å². The Morgan fingerprint density at radius 3 is 2.62 bits per heavy atom. The molecule has 1 unspecified atom stereocenters. The minimum atomic E-state index is -0.601. The fourth-order valence-electron chi connectivity index (χ4n) is 2.70. The lowest BCUT2D eigenvalue weighted by atomic mass is 9.90. The van der Waals surface area contributed by atoms with Gasteiger partial charge in [-0.3, -0.25) is 9.69 Å². The summed E-state index contributed by atoms with van der Waals surface area (Å²) in [6.07, 6.45) is 0.113. The van der Waals surface area contributed by atoms with Gasteiger partial charge in [-0.2, -0.15) is 0 Å². The van der Waals surface area contributed by atoms with Crippen molar-refractivity contribution in [1.29, 1.82) is 0 Å². The van der Waals surface area contributed by atoms with Gasteiger partial charge in [0, 0.05) is 6.54 Å². The molecule has 1 aromatic heterocycles. The number of rotatable bonds is 2. The molecule has 2 rings (SSSR count). The van der Waals surface area contributed by atoms with Gasteiger partial charge in [-0.1, -0.05) is 19.9 Å². The predicted octanol–water partition coefficient (Wildman–Crippen LogP) is 3.82. The molecule has 7 heteroatoms. The number of carbonyl (C=O) groups excluding carboxylic acids is 2. The summed E-state index contributed by atoms with van der Waals surface area (Å²) >= 11 is 3.27. The molecule has 1 atom stereocenters. The molecule has 0 saturated carbocycles. The number of hydrogen-bond acceptors (Lipinski definition) is 4. The number of likely N-dealkylation sites (tertiary alicyclic amines) is 1. The maximum atomic E-state index is 12.7. The Kier molecular flexibility index (Phi) is 5.22. The van der Waals surface area contributed by atoms with Crippen LogP contribution in [0, 0.1) is 5.41 Å². The maximum Gasteiger partial charge on any atom is 0.410 e. The number of carbonyl (C=O) groups is 2. The van der Waals surface area contributed by atoms with Crippen LogP contribution in [-0.4, -0.2) is 40.1 Å². The minimum Gasteiger partial charge on any atom is -0.444 e. The smallest absolute Gasteiger partial charge is 0.410 e. The Bertz CT molecular complexity index is 640. The highest BCUT2D eigenvalue weighted by Crippen LogP contribution is 2.35. The second-order valence-electron chi connectivity index (χ2n) is 7.83.